The Labute approximate surface area is 79.2 Å². The lowest BCUT2D eigenvalue weighted by Crippen LogP contribution is -2.19. The van der Waals surface area contributed by atoms with E-state index in [1.807, 2.05) is 6.92 Å². The van der Waals surface area contributed by atoms with Crippen LogP contribution in [0.2, 0.25) is 0 Å². The summed E-state index contributed by atoms with van der Waals surface area (Å²) in [5, 5.41) is 0. The van der Waals surface area contributed by atoms with E-state index in [-0.39, 0.29) is 5.56 Å². The average molecular weight is 179 g/mol. The van der Waals surface area contributed by atoms with E-state index in [4.69, 9.17) is 0 Å². The van der Waals surface area contributed by atoms with Crippen LogP contribution in [0.25, 0.3) is 0 Å². The maximum atomic E-state index is 11.4. The minimum Gasteiger partial charge on any atom is -0.316 e. The SMILES string of the molecule is Cc1cc(CC(C)C)cc(=O)n1C. The number of rotatable bonds is 2. The van der Waals surface area contributed by atoms with Gasteiger partial charge in [0.1, 0.15) is 0 Å². The summed E-state index contributed by atoms with van der Waals surface area (Å²) in [4.78, 5) is 11.4. The molecule has 0 saturated carbocycles. The van der Waals surface area contributed by atoms with Crippen LogP contribution >= 0.6 is 0 Å². The van der Waals surface area contributed by atoms with E-state index < -0.39 is 0 Å². The van der Waals surface area contributed by atoms with Crippen LogP contribution in [-0.4, -0.2) is 4.57 Å². The Morgan fingerprint density at radius 1 is 1.38 bits per heavy atom. The molecule has 0 unspecified atom stereocenters. The van der Waals surface area contributed by atoms with Crippen molar-refractivity contribution in [1.29, 1.82) is 0 Å². The van der Waals surface area contributed by atoms with E-state index in [9.17, 15) is 4.79 Å². The third kappa shape index (κ3) is 2.44. The van der Waals surface area contributed by atoms with Gasteiger partial charge in [0.25, 0.3) is 5.56 Å². The molecule has 0 aliphatic rings. The van der Waals surface area contributed by atoms with Crippen molar-refractivity contribution < 1.29 is 0 Å². The number of pyridine rings is 1. The van der Waals surface area contributed by atoms with E-state index in [0.29, 0.717) is 5.92 Å². The highest BCUT2D eigenvalue weighted by molar-refractivity contribution is 5.17. The molecule has 0 fully saturated rings. The maximum absolute atomic E-state index is 11.4. The van der Waals surface area contributed by atoms with Crippen LogP contribution in [0.4, 0.5) is 0 Å². The van der Waals surface area contributed by atoms with Gasteiger partial charge in [-0.05, 0) is 30.9 Å². The van der Waals surface area contributed by atoms with E-state index in [0.717, 1.165) is 17.7 Å². The maximum Gasteiger partial charge on any atom is 0.250 e. The fourth-order valence-corrected chi connectivity index (χ4v) is 1.43. The zero-order valence-electron chi connectivity index (χ0n) is 8.79. The Morgan fingerprint density at radius 2 is 2.00 bits per heavy atom. The van der Waals surface area contributed by atoms with Crippen LogP contribution in [-0.2, 0) is 13.5 Å². The molecule has 1 aromatic heterocycles. The molecule has 1 heterocycles. The molecule has 0 saturated heterocycles. The summed E-state index contributed by atoms with van der Waals surface area (Å²) in [7, 11) is 1.80. The number of aromatic nitrogens is 1. The van der Waals surface area contributed by atoms with Gasteiger partial charge in [-0.2, -0.15) is 0 Å². The van der Waals surface area contributed by atoms with Crippen molar-refractivity contribution in [2.75, 3.05) is 0 Å². The van der Waals surface area contributed by atoms with Gasteiger partial charge in [-0.1, -0.05) is 13.8 Å². The molecule has 0 radical (unpaired) electrons. The minimum atomic E-state index is 0.0932. The first-order valence-electron chi connectivity index (χ1n) is 4.67. The van der Waals surface area contributed by atoms with Crippen LogP contribution in [0.15, 0.2) is 16.9 Å². The highest BCUT2D eigenvalue weighted by atomic mass is 16.1. The molecule has 2 heteroatoms. The monoisotopic (exact) mass is 179 g/mol. The van der Waals surface area contributed by atoms with Crippen molar-refractivity contribution in [3.63, 3.8) is 0 Å². The van der Waals surface area contributed by atoms with Crippen molar-refractivity contribution in [3.05, 3.63) is 33.7 Å². The normalized spacial score (nSPS) is 10.8. The minimum absolute atomic E-state index is 0.0932. The van der Waals surface area contributed by atoms with E-state index in [1.165, 1.54) is 0 Å². The smallest absolute Gasteiger partial charge is 0.250 e. The Hall–Kier alpha value is -1.05. The quantitative estimate of drug-likeness (QED) is 0.679. The fourth-order valence-electron chi connectivity index (χ4n) is 1.43. The van der Waals surface area contributed by atoms with Gasteiger partial charge in [0.2, 0.25) is 0 Å². The largest absolute Gasteiger partial charge is 0.316 e. The number of hydrogen-bond acceptors (Lipinski definition) is 1. The lowest BCUT2D eigenvalue weighted by Gasteiger charge is -2.08. The van der Waals surface area contributed by atoms with Gasteiger partial charge in [0.15, 0.2) is 0 Å². The molecule has 0 spiro atoms. The van der Waals surface area contributed by atoms with Crippen molar-refractivity contribution >= 4 is 0 Å². The first kappa shape index (κ1) is 10.0. The lowest BCUT2D eigenvalue weighted by molar-refractivity contribution is 0.642. The third-order valence-electron chi connectivity index (χ3n) is 2.21. The summed E-state index contributed by atoms with van der Waals surface area (Å²) >= 11 is 0. The summed E-state index contributed by atoms with van der Waals surface area (Å²) in [5.41, 5.74) is 2.27. The Balaban J connectivity index is 3.06. The van der Waals surface area contributed by atoms with E-state index in [1.54, 1.807) is 17.7 Å². The second-order valence-corrected chi connectivity index (χ2v) is 4.00. The Kier molecular flexibility index (Phi) is 2.91. The summed E-state index contributed by atoms with van der Waals surface area (Å²) < 4.78 is 1.67. The number of hydrogen-bond donors (Lipinski definition) is 0. The first-order valence-corrected chi connectivity index (χ1v) is 4.67. The van der Waals surface area contributed by atoms with Crippen LogP contribution < -0.4 is 5.56 Å². The highest BCUT2D eigenvalue weighted by Crippen LogP contribution is 2.06. The standard InChI is InChI=1S/C11H17NO/c1-8(2)5-10-6-9(3)12(4)11(13)7-10/h6-8H,5H2,1-4H3. The second-order valence-electron chi connectivity index (χ2n) is 4.00. The van der Waals surface area contributed by atoms with Gasteiger partial charge in [-0.15, -0.1) is 0 Å². The van der Waals surface area contributed by atoms with Gasteiger partial charge in [0.05, 0.1) is 0 Å². The molecule has 2 nitrogen and oxygen atoms in total. The molecule has 0 atom stereocenters. The van der Waals surface area contributed by atoms with Crippen LogP contribution in [0.1, 0.15) is 25.1 Å². The zero-order chi connectivity index (χ0) is 10.0. The lowest BCUT2D eigenvalue weighted by atomic mass is 10.0. The fraction of sp³-hybridized carbons (Fsp3) is 0.545. The molecule has 0 aliphatic heterocycles. The van der Waals surface area contributed by atoms with Crippen molar-refractivity contribution in [3.8, 4) is 0 Å². The molecule has 0 N–H and O–H groups in total. The van der Waals surface area contributed by atoms with Crippen molar-refractivity contribution in [1.82, 2.24) is 4.57 Å². The third-order valence-corrected chi connectivity index (χ3v) is 2.21. The first-order chi connectivity index (χ1) is 6.00. The van der Waals surface area contributed by atoms with Gasteiger partial charge >= 0.3 is 0 Å². The van der Waals surface area contributed by atoms with Gasteiger partial charge < -0.3 is 4.57 Å². The van der Waals surface area contributed by atoms with Gasteiger partial charge in [0, 0.05) is 18.8 Å². The molecular weight excluding hydrogens is 162 g/mol. The van der Waals surface area contributed by atoms with E-state index in [2.05, 4.69) is 19.9 Å². The second kappa shape index (κ2) is 3.77. The molecule has 0 aromatic carbocycles. The van der Waals surface area contributed by atoms with Gasteiger partial charge in [-0.3, -0.25) is 4.79 Å². The van der Waals surface area contributed by atoms with Crippen LogP contribution in [0, 0.1) is 12.8 Å². The summed E-state index contributed by atoms with van der Waals surface area (Å²) in [5.74, 6) is 0.603. The molecule has 0 bridgehead atoms. The number of nitrogens with zero attached hydrogens (tertiary/aromatic N) is 1. The highest BCUT2D eigenvalue weighted by Gasteiger charge is 2.01. The molecule has 13 heavy (non-hydrogen) atoms. The van der Waals surface area contributed by atoms with Crippen molar-refractivity contribution in [2.24, 2.45) is 13.0 Å². The van der Waals surface area contributed by atoms with Crippen LogP contribution in [0.3, 0.4) is 0 Å². The average Bonchev–Trinajstić information content (AvgIpc) is 1.98. The topological polar surface area (TPSA) is 22.0 Å². The molecule has 0 amide bonds. The Morgan fingerprint density at radius 3 is 2.46 bits per heavy atom. The predicted molar refractivity (Wildman–Crippen MR) is 55.0 cm³/mol. The summed E-state index contributed by atoms with van der Waals surface area (Å²) in [6.45, 7) is 6.28. The molecule has 1 aromatic rings. The summed E-state index contributed by atoms with van der Waals surface area (Å²) in [6, 6.07) is 3.81. The molecule has 0 aliphatic carbocycles. The number of aryl methyl sites for hydroxylation is 1. The van der Waals surface area contributed by atoms with E-state index >= 15 is 0 Å². The predicted octanol–water partition coefficient (Wildman–Crippen LogP) is 1.89. The van der Waals surface area contributed by atoms with Crippen molar-refractivity contribution in [2.45, 2.75) is 27.2 Å². The van der Waals surface area contributed by atoms with Crippen LogP contribution in [0.5, 0.6) is 0 Å². The molecule has 72 valence electrons. The van der Waals surface area contributed by atoms with Gasteiger partial charge in [-0.25, -0.2) is 0 Å². The Bertz CT molecular complexity index is 350. The molecular formula is C11H17NO. The molecule has 1 rings (SSSR count). The summed E-state index contributed by atoms with van der Waals surface area (Å²) in [6.07, 6.45) is 0.983. The zero-order valence-corrected chi connectivity index (χ0v) is 8.79.